The van der Waals surface area contributed by atoms with Crippen molar-refractivity contribution in [2.75, 3.05) is 11.9 Å². The van der Waals surface area contributed by atoms with Gasteiger partial charge in [-0.25, -0.2) is 4.98 Å². The van der Waals surface area contributed by atoms with Crippen LogP contribution in [0.1, 0.15) is 34.9 Å². The van der Waals surface area contributed by atoms with Crippen molar-refractivity contribution in [2.45, 2.75) is 32.2 Å². The van der Waals surface area contributed by atoms with Crippen molar-refractivity contribution in [2.24, 2.45) is 0 Å². The lowest BCUT2D eigenvalue weighted by molar-refractivity contribution is 0.0952. The summed E-state index contributed by atoms with van der Waals surface area (Å²) in [7, 11) is 0. The van der Waals surface area contributed by atoms with Crippen molar-refractivity contribution in [3.63, 3.8) is 0 Å². The van der Waals surface area contributed by atoms with Gasteiger partial charge in [-0.05, 0) is 31.9 Å². The molecule has 0 bridgehead atoms. The fourth-order valence-corrected chi connectivity index (χ4v) is 2.68. The van der Waals surface area contributed by atoms with Crippen molar-refractivity contribution >= 4 is 22.6 Å². The first-order valence-corrected chi connectivity index (χ1v) is 8.43. The monoisotopic (exact) mass is 337 g/mol. The van der Waals surface area contributed by atoms with Crippen LogP contribution in [0.5, 0.6) is 0 Å². The van der Waals surface area contributed by atoms with Crippen LogP contribution in [-0.2, 0) is 6.42 Å². The summed E-state index contributed by atoms with van der Waals surface area (Å²) in [6.45, 7) is 2.38. The Kier molecular flexibility index (Phi) is 4.05. The molecule has 1 aliphatic carbocycles. The van der Waals surface area contributed by atoms with Gasteiger partial charge in [0.05, 0.1) is 11.1 Å². The zero-order valence-electron chi connectivity index (χ0n) is 14.0. The number of para-hydroxylation sites is 1. The average Bonchev–Trinajstić information content (AvgIpc) is 3.33. The Balaban J connectivity index is 1.54. The second-order valence-corrected chi connectivity index (χ2v) is 6.23. The zero-order chi connectivity index (χ0) is 17.2. The maximum Gasteiger partial charge on any atom is 0.252 e. The van der Waals surface area contributed by atoms with E-state index in [1.807, 2.05) is 24.3 Å². The molecule has 1 fully saturated rings. The summed E-state index contributed by atoms with van der Waals surface area (Å²) in [4.78, 5) is 21.3. The SMILES string of the molecule is Cc1noc(CCNc2cc(C(=O)NC3CC3)c3ccccc3n2)n1. The number of aryl methyl sites for hydroxylation is 1. The fourth-order valence-electron chi connectivity index (χ4n) is 2.68. The maximum atomic E-state index is 12.6. The van der Waals surface area contributed by atoms with Crippen molar-refractivity contribution in [3.05, 3.63) is 47.6 Å². The summed E-state index contributed by atoms with van der Waals surface area (Å²) < 4.78 is 5.10. The Morgan fingerprint density at radius 1 is 1.28 bits per heavy atom. The van der Waals surface area contributed by atoms with Crippen LogP contribution in [0.15, 0.2) is 34.9 Å². The van der Waals surface area contributed by atoms with Gasteiger partial charge >= 0.3 is 0 Å². The fraction of sp³-hybridized carbons (Fsp3) is 0.333. The topological polar surface area (TPSA) is 92.9 Å². The van der Waals surface area contributed by atoms with E-state index in [4.69, 9.17) is 4.52 Å². The Morgan fingerprint density at radius 2 is 2.12 bits per heavy atom. The molecule has 3 aromatic rings. The third-order valence-electron chi connectivity index (χ3n) is 4.09. The predicted octanol–water partition coefficient (Wildman–Crippen LogP) is 2.47. The Hall–Kier alpha value is -2.96. The van der Waals surface area contributed by atoms with Gasteiger partial charge in [-0.15, -0.1) is 0 Å². The number of aromatic nitrogens is 3. The molecule has 2 heterocycles. The minimum atomic E-state index is -0.0447. The summed E-state index contributed by atoms with van der Waals surface area (Å²) in [6.07, 6.45) is 2.71. The van der Waals surface area contributed by atoms with Gasteiger partial charge in [0.25, 0.3) is 5.91 Å². The summed E-state index contributed by atoms with van der Waals surface area (Å²) in [5, 5.41) is 10.9. The number of carbonyl (C=O) groups is 1. The molecule has 0 radical (unpaired) electrons. The molecule has 0 spiro atoms. The molecule has 2 N–H and O–H groups in total. The molecule has 4 rings (SSSR count). The summed E-state index contributed by atoms with van der Waals surface area (Å²) >= 11 is 0. The lowest BCUT2D eigenvalue weighted by Gasteiger charge is -2.11. The number of fused-ring (bicyclic) bond motifs is 1. The van der Waals surface area contributed by atoms with Crippen LogP contribution in [0, 0.1) is 6.92 Å². The van der Waals surface area contributed by atoms with Crippen molar-refractivity contribution < 1.29 is 9.32 Å². The molecular formula is C18H19N5O2. The van der Waals surface area contributed by atoms with Crippen molar-refractivity contribution in [1.29, 1.82) is 0 Å². The van der Waals surface area contributed by atoms with E-state index in [9.17, 15) is 4.79 Å². The number of nitrogens with zero attached hydrogens (tertiary/aromatic N) is 3. The maximum absolute atomic E-state index is 12.6. The number of nitrogens with one attached hydrogen (secondary N) is 2. The van der Waals surface area contributed by atoms with E-state index in [2.05, 4.69) is 25.8 Å². The zero-order valence-corrected chi connectivity index (χ0v) is 14.0. The number of benzene rings is 1. The van der Waals surface area contributed by atoms with E-state index in [0.717, 1.165) is 23.7 Å². The Bertz CT molecular complexity index is 917. The molecular weight excluding hydrogens is 318 g/mol. The number of carbonyl (C=O) groups excluding carboxylic acids is 1. The van der Waals surface area contributed by atoms with Gasteiger partial charge in [0.15, 0.2) is 5.82 Å². The first-order chi connectivity index (χ1) is 12.2. The quantitative estimate of drug-likeness (QED) is 0.718. The van der Waals surface area contributed by atoms with Crippen LogP contribution in [0.4, 0.5) is 5.82 Å². The van der Waals surface area contributed by atoms with Gasteiger partial charge in [-0.3, -0.25) is 4.79 Å². The minimum absolute atomic E-state index is 0.0447. The second-order valence-electron chi connectivity index (χ2n) is 6.23. The van der Waals surface area contributed by atoms with Gasteiger partial charge in [-0.2, -0.15) is 4.98 Å². The van der Waals surface area contributed by atoms with E-state index in [-0.39, 0.29) is 5.91 Å². The molecule has 1 amide bonds. The average molecular weight is 337 g/mol. The van der Waals surface area contributed by atoms with Crippen molar-refractivity contribution in [1.82, 2.24) is 20.4 Å². The third kappa shape index (κ3) is 3.60. The summed E-state index contributed by atoms with van der Waals surface area (Å²) in [5.41, 5.74) is 1.44. The van der Waals surface area contributed by atoms with E-state index in [0.29, 0.717) is 42.1 Å². The van der Waals surface area contributed by atoms with Gasteiger partial charge < -0.3 is 15.2 Å². The molecule has 0 atom stereocenters. The first-order valence-electron chi connectivity index (χ1n) is 8.43. The Morgan fingerprint density at radius 3 is 2.88 bits per heavy atom. The highest BCUT2D eigenvalue weighted by molar-refractivity contribution is 6.07. The van der Waals surface area contributed by atoms with E-state index >= 15 is 0 Å². The van der Waals surface area contributed by atoms with E-state index < -0.39 is 0 Å². The van der Waals surface area contributed by atoms with Gasteiger partial charge in [0, 0.05) is 24.4 Å². The van der Waals surface area contributed by atoms with Crippen LogP contribution in [0.2, 0.25) is 0 Å². The predicted molar refractivity (Wildman–Crippen MR) is 93.5 cm³/mol. The largest absolute Gasteiger partial charge is 0.370 e. The molecule has 7 nitrogen and oxygen atoms in total. The smallest absolute Gasteiger partial charge is 0.252 e. The number of amides is 1. The molecule has 1 saturated carbocycles. The molecule has 128 valence electrons. The number of hydrogen-bond acceptors (Lipinski definition) is 6. The van der Waals surface area contributed by atoms with Crippen LogP contribution >= 0.6 is 0 Å². The lowest BCUT2D eigenvalue weighted by atomic mass is 10.1. The van der Waals surface area contributed by atoms with Crippen LogP contribution < -0.4 is 10.6 Å². The normalized spacial score (nSPS) is 13.8. The molecule has 0 unspecified atom stereocenters. The molecule has 0 aliphatic heterocycles. The number of pyridine rings is 1. The highest BCUT2D eigenvalue weighted by Crippen LogP contribution is 2.24. The van der Waals surface area contributed by atoms with Crippen LogP contribution in [-0.4, -0.2) is 33.6 Å². The second kappa shape index (κ2) is 6.51. The molecule has 0 saturated heterocycles. The molecule has 1 aliphatic rings. The molecule has 2 aromatic heterocycles. The number of anilines is 1. The first kappa shape index (κ1) is 15.6. The van der Waals surface area contributed by atoms with Gasteiger partial charge in [0.1, 0.15) is 5.82 Å². The molecule has 7 heteroatoms. The van der Waals surface area contributed by atoms with E-state index in [1.165, 1.54) is 0 Å². The minimum Gasteiger partial charge on any atom is -0.370 e. The highest BCUT2D eigenvalue weighted by atomic mass is 16.5. The van der Waals surface area contributed by atoms with E-state index in [1.54, 1.807) is 13.0 Å². The van der Waals surface area contributed by atoms with Gasteiger partial charge in [0.2, 0.25) is 5.89 Å². The third-order valence-corrected chi connectivity index (χ3v) is 4.09. The highest BCUT2D eigenvalue weighted by Gasteiger charge is 2.25. The molecule has 25 heavy (non-hydrogen) atoms. The number of hydrogen-bond donors (Lipinski definition) is 2. The van der Waals surface area contributed by atoms with Crippen LogP contribution in [0.25, 0.3) is 10.9 Å². The van der Waals surface area contributed by atoms with Gasteiger partial charge in [-0.1, -0.05) is 23.4 Å². The summed E-state index contributed by atoms with van der Waals surface area (Å²) in [5.74, 6) is 1.82. The van der Waals surface area contributed by atoms with Crippen molar-refractivity contribution in [3.8, 4) is 0 Å². The Labute approximate surface area is 144 Å². The number of rotatable bonds is 6. The molecule has 1 aromatic carbocycles. The standard InChI is InChI=1S/C18H19N5O2/c1-11-20-17(25-23-11)8-9-19-16-10-14(18(24)21-12-6-7-12)13-4-2-3-5-15(13)22-16/h2-5,10,12H,6-9H2,1H3,(H,19,22)(H,21,24). The summed E-state index contributed by atoms with van der Waals surface area (Å²) in [6, 6.07) is 9.80. The lowest BCUT2D eigenvalue weighted by Crippen LogP contribution is -2.25. The van der Waals surface area contributed by atoms with Crippen LogP contribution in [0.3, 0.4) is 0 Å².